The number of nitrogens with zero attached hydrogens (tertiary/aromatic N) is 4. The second kappa shape index (κ2) is 8.45. The van der Waals surface area contributed by atoms with Crippen LogP contribution < -0.4 is 0 Å². The fraction of sp³-hybridized carbons (Fsp3) is 0.500. The molecular weight excluding hydrogens is 384 g/mol. The molecule has 0 bridgehead atoms. The highest BCUT2D eigenvalue weighted by atomic mass is 32.2. The number of carbonyl (C=O) groups excluding carboxylic acids is 1. The molecule has 2 aromatic rings. The number of rotatable bonds is 7. The summed E-state index contributed by atoms with van der Waals surface area (Å²) < 4.78 is 23.7. The normalized spacial score (nSPS) is 18.7. The van der Waals surface area contributed by atoms with Gasteiger partial charge in [0, 0.05) is 30.7 Å². The summed E-state index contributed by atoms with van der Waals surface area (Å²) >= 11 is 1.46. The van der Waals surface area contributed by atoms with Crippen LogP contribution in [0.2, 0.25) is 0 Å². The van der Waals surface area contributed by atoms with Gasteiger partial charge in [-0.15, -0.1) is 11.3 Å². The lowest BCUT2D eigenvalue weighted by Gasteiger charge is -2.29. The second-order valence-electron chi connectivity index (χ2n) is 6.98. The van der Waals surface area contributed by atoms with Crippen molar-refractivity contribution in [3.63, 3.8) is 0 Å². The van der Waals surface area contributed by atoms with Crippen LogP contribution >= 0.6 is 11.3 Å². The van der Waals surface area contributed by atoms with Crippen LogP contribution in [0.5, 0.6) is 0 Å². The number of aromatic nitrogens is 2. The monoisotopic (exact) mass is 408 g/mol. The highest BCUT2D eigenvalue weighted by Crippen LogP contribution is 2.23. The first-order chi connectivity index (χ1) is 12.8. The molecule has 1 saturated heterocycles. The van der Waals surface area contributed by atoms with Gasteiger partial charge in [-0.05, 0) is 32.6 Å². The van der Waals surface area contributed by atoms with Gasteiger partial charge in [0.1, 0.15) is 5.01 Å². The molecule has 3 heterocycles. The predicted octanol–water partition coefficient (Wildman–Crippen LogP) is 1.32. The first kappa shape index (κ1) is 19.9. The van der Waals surface area contributed by atoms with Crippen LogP contribution in [0.1, 0.15) is 12.1 Å². The predicted molar refractivity (Wildman–Crippen MR) is 106 cm³/mol. The minimum Gasteiger partial charge on any atom is -0.337 e. The zero-order chi connectivity index (χ0) is 19.4. The van der Waals surface area contributed by atoms with Crippen LogP contribution in [0.3, 0.4) is 0 Å². The van der Waals surface area contributed by atoms with Crippen LogP contribution in [-0.2, 0) is 21.1 Å². The van der Waals surface area contributed by atoms with E-state index in [0.717, 1.165) is 10.7 Å². The quantitative estimate of drug-likeness (QED) is 0.687. The van der Waals surface area contributed by atoms with Gasteiger partial charge in [-0.25, -0.2) is 13.4 Å². The molecular formula is C18H24N4O3S2. The highest BCUT2D eigenvalue weighted by Gasteiger charge is 2.34. The van der Waals surface area contributed by atoms with Crippen molar-refractivity contribution in [3.8, 4) is 10.7 Å². The average Bonchev–Trinajstić information content (AvgIpc) is 3.22. The zero-order valence-electron chi connectivity index (χ0n) is 15.5. The van der Waals surface area contributed by atoms with Gasteiger partial charge in [-0.1, -0.05) is 6.07 Å². The number of amides is 1. The number of thiazole rings is 1. The third-order valence-corrected chi connectivity index (χ3v) is 7.19. The van der Waals surface area contributed by atoms with Crippen LogP contribution in [0, 0.1) is 0 Å². The van der Waals surface area contributed by atoms with Crippen LogP contribution in [0.15, 0.2) is 29.8 Å². The lowest BCUT2D eigenvalue weighted by Crippen LogP contribution is -2.45. The van der Waals surface area contributed by atoms with Crippen molar-refractivity contribution in [2.24, 2.45) is 0 Å². The van der Waals surface area contributed by atoms with Gasteiger partial charge in [-0.2, -0.15) is 0 Å². The molecule has 27 heavy (non-hydrogen) atoms. The van der Waals surface area contributed by atoms with Crippen LogP contribution in [0.25, 0.3) is 10.7 Å². The number of likely N-dealkylation sites (N-methyl/N-ethyl adjacent to an activating group) is 1. The minimum absolute atomic E-state index is 0.0580. The van der Waals surface area contributed by atoms with Gasteiger partial charge in [0.15, 0.2) is 9.84 Å². The highest BCUT2D eigenvalue weighted by molar-refractivity contribution is 7.91. The molecule has 1 aliphatic heterocycles. The van der Waals surface area contributed by atoms with E-state index in [9.17, 15) is 13.2 Å². The Morgan fingerprint density at radius 1 is 1.30 bits per heavy atom. The van der Waals surface area contributed by atoms with Gasteiger partial charge < -0.3 is 9.80 Å². The Kier molecular flexibility index (Phi) is 6.23. The Morgan fingerprint density at radius 3 is 2.74 bits per heavy atom. The van der Waals surface area contributed by atoms with E-state index in [1.165, 1.54) is 11.3 Å². The summed E-state index contributed by atoms with van der Waals surface area (Å²) in [5, 5.41) is 2.65. The molecule has 0 aliphatic carbocycles. The van der Waals surface area contributed by atoms with Crippen molar-refractivity contribution in [1.82, 2.24) is 19.8 Å². The molecule has 1 atom stereocenters. The van der Waals surface area contributed by atoms with Gasteiger partial charge in [0.25, 0.3) is 0 Å². The van der Waals surface area contributed by atoms with Crippen molar-refractivity contribution in [3.05, 3.63) is 35.5 Å². The van der Waals surface area contributed by atoms with Gasteiger partial charge in [0.2, 0.25) is 5.91 Å². The molecule has 0 saturated carbocycles. The maximum absolute atomic E-state index is 12.9. The van der Waals surface area contributed by atoms with E-state index in [0.29, 0.717) is 25.2 Å². The van der Waals surface area contributed by atoms with Crippen molar-refractivity contribution in [2.75, 3.05) is 38.7 Å². The first-order valence-corrected chi connectivity index (χ1v) is 11.5. The molecule has 1 aliphatic rings. The molecule has 0 N–H and O–H groups in total. The fourth-order valence-corrected chi connectivity index (χ4v) is 5.62. The molecule has 0 spiro atoms. The summed E-state index contributed by atoms with van der Waals surface area (Å²) in [5.41, 5.74) is 1.48. The Bertz CT molecular complexity index is 881. The van der Waals surface area contributed by atoms with Crippen LogP contribution in [0.4, 0.5) is 0 Å². The molecule has 1 unspecified atom stereocenters. The van der Waals surface area contributed by atoms with Gasteiger partial charge in [-0.3, -0.25) is 9.78 Å². The molecule has 2 aromatic heterocycles. The van der Waals surface area contributed by atoms with E-state index < -0.39 is 9.84 Å². The first-order valence-electron chi connectivity index (χ1n) is 8.84. The third kappa shape index (κ3) is 5.33. The smallest absolute Gasteiger partial charge is 0.228 e. The number of sulfone groups is 1. The number of carbonyl (C=O) groups is 1. The summed E-state index contributed by atoms with van der Waals surface area (Å²) in [4.78, 5) is 25.5. The average molecular weight is 409 g/mol. The summed E-state index contributed by atoms with van der Waals surface area (Å²) in [6, 6.07) is 5.39. The van der Waals surface area contributed by atoms with Crippen molar-refractivity contribution in [2.45, 2.75) is 18.9 Å². The third-order valence-electron chi connectivity index (χ3n) is 4.53. The van der Waals surface area contributed by atoms with Gasteiger partial charge in [0.05, 0.1) is 29.3 Å². The summed E-state index contributed by atoms with van der Waals surface area (Å²) in [6.45, 7) is 1.21. The van der Waals surface area contributed by atoms with Crippen molar-refractivity contribution in [1.29, 1.82) is 0 Å². The molecule has 0 radical (unpaired) electrons. The van der Waals surface area contributed by atoms with E-state index in [-0.39, 0.29) is 29.9 Å². The van der Waals surface area contributed by atoms with Crippen molar-refractivity contribution < 1.29 is 13.2 Å². The maximum atomic E-state index is 12.9. The van der Waals surface area contributed by atoms with Crippen LogP contribution in [-0.4, -0.2) is 78.8 Å². The number of pyridine rings is 1. The lowest BCUT2D eigenvalue weighted by atomic mass is 10.2. The SMILES string of the molecule is CN(C)CCN(C(=O)Cc1csc(-c2ccccn2)n1)C1CCS(=O)(=O)C1. The summed E-state index contributed by atoms with van der Waals surface area (Å²) in [7, 11) is 0.830. The molecule has 146 valence electrons. The summed E-state index contributed by atoms with van der Waals surface area (Å²) in [6.07, 6.45) is 2.40. The molecule has 0 aromatic carbocycles. The molecule has 1 amide bonds. The topological polar surface area (TPSA) is 83.5 Å². The lowest BCUT2D eigenvalue weighted by molar-refractivity contribution is -0.132. The van der Waals surface area contributed by atoms with Gasteiger partial charge >= 0.3 is 0 Å². The summed E-state index contributed by atoms with van der Waals surface area (Å²) in [5.74, 6) is 0.142. The molecule has 1 fully saturated rings. The van der Waals surface area contributed by atoms with E-state index in [1.54, 1.807) is 11.1 Å². The number of hydrogen-bond donors (Lipinski definition) is 0. The second-order valence-corrected chi connectivity index (χ2v) is 10.1. The van der Waals surface area contributed by atoms with E-state index in [1.807, 2.05) is 42.6 Å². The Hall–Kier alpha value is -1.84. The Balaban J connectivity index is 1.71. The standard InChI is InChI=1S/C18H24N4O3S2/c1-21(2)8-9-22(15-6-10-27(24,25)13-15)17(23)11-14-12-26-18(20-14)16-5-3-4-7-19-16/h3-5,7,12,15H,6,8-11,13H2,1-2H3. The van der Waals surface area contributed by atoms with E-state index >= 15 is 0 Å². The number of hydrogen-bond acceptors (Lipinski definition) is 7. The Labute approximate surface area is 164 Å². The zero-order valence-corrected chi connectivity index (χ0v) is 17.2. The molecule has 3 rings (SSSR count). The Morgan fingerprint density at radius 2 is 2.11 bits per heavy atom. The fourth-order valence-electron chi connectivity index (χ4n) is 3.09. The molecule has 9 heteroatoms. The largest absolute Gasteiger partial charge is 0.337 e. The molecule has 7 nitrogen and oxygen atoms in total. The van der Waals surface area contributed by atoms with E-state index in [4.69, 9.17) is 0 Å². The van der Waals surface area contributed by atoms with Crippen molar-refractivity contribution >= 4 is 27.1 Å². The van der Waals surface area contributed by atoms with E-state index in [2.05, 4.69) is 9.97 Å². The minimum atomic E-state index is -3.05. The maximum Gasteiger partial charge on any atom is 0.228 e.